The number of amides is 2. The van der Waals surface area contributed by atoms with Gasteiger partial charge in [-0.2, -0.15) is 0 Å². The van der Waals surface area contributed by atoms with Crippen molar-refractivity contribution < 1.29 is 9.59 Å². The fraction of sp³-hybridized carbons (Fsp3) is 0.400. The van der Waals surface area contributed by atoms with Gasteiger partial charge in [-0.3, -0.25) is 9.59 Å². The van der Waals surface area contributed by atoms with Gasteiger partial charge in [-0.15, -0.1) is 16.9 Å². The molecule has 1 aromatic carbocycles. The summed E-state index contributed by atoms with van der Waals surface area (Å²) in [5.74, 6) is 0.732. The average Bonchev–Trinajstić information content (AvgIpc) is 3.56. The van der Waals surface area contributed by atoms with Crippen molar-refractivity contribution in [1.82, 2.24) is 25.1 Å². The lowest BCUT2D eigenvalue weighted by Crippen LogP contribution is -2.48. The van der Waals surface area contributed by atoms with Crippen molar-refractivity contribution in [2.24, 2.45) is 0 Å². The molecule has 10 heteroatoms. The largest absolute Gasteiger partial charge is 0.357 e. The molecule has 35 heavy (non-hydrogen) atoms. The van der Waals surface area contributed by atoms with Gasteiger partial charge in [0.2, 0.25) is 11.7 Å². The number of aromatic nitrogens is 4. The molecule has 0 spiro atoms. The first-order valence-electron chi connectivity index (χ1n) is 11.9. The van der Waals surface area contributed by atoms with Crippen LogP contribution in [0.1, 0.15) is 41.9 Å². The summed E-state index contributed by atoms with van der Waals surface area (Å²) in [6.07, 6.45) is 8.17. The van der Waals surface area contributed by atoms with E-state index in [1.54, 1.807) is 34.6 Å². The standard InChI is InChI=1S/C25H29N7O2S/c1-30(18-10-6-7-11-18)22-12-21-20(13-26-22)31(2)25(34)19(15-35-21)28-24(33)23-27-16-32(29-23)14-17-8-4-3-5-9-17/h3-5,8-9,12-13,16,18-19H,6-7,10-11,14-15H2,1-2H3,(H,28,33)/t19-/m0/s1. The average molecular weight is 492 g/mol. The lowest BCUT2D eigenvalue weighted by molar-refractivity contribution is -0.119. The molecule has 3 heterocycles. The van der Waals surface area contributed by atoms with Gasteiger partial charge in [0, 0.05) is 30.8 Å². The number of benzene rings is 1. The summed E-state index contributed by atoms with van der Waals surface area (Å²) in [6, 6.07) is 11.7. The third-order valence-electron chi connectivity index (χ3n) is 6.69. The molecule has 1 aliphatic heterocycles. The van der Waals surface area contributed by atoms with Gasteiger partial charge in [-0.25, -0.2) is 14.6 Å². The Balaban J connectivity index is 1.26. The molecule has 1 fully saturated rings. The Labute approximate surface area is 208 Å². The molecule has 1 atom stereocenters. The SMILES string of the molecule is CN1C(=O)[C@@H](NC(=O)c2ncn(Cc3ccccc3)n2)CSc2cc(N(C)C3CCCC3)ncc21. The number of carbonyl (C=O) groups excluding carboxylic acids is 2. The van der Waals surface area contributed by atoms with Crippen molar-refractivity contribution in [2.75, 3.05) is 29.6 Å². The third-order valence-corrected chi connectivity index (χ3v) is 7.83. The highest BCUT2D eigenvalue weighted by molar-refractivity contribution is 7.99. The first kappa shape index (κ1) is 23.3. The number of rotatable bonds is 6. The lowest BCUT2D eigenvalue weighted by Gasteiger charge is -2.26. The van der Waals surface area contributed by atoms with Crippen LogP contribution in [0.5, 0.6) is 0 Å². The first-order chi connectivity index (χ1) is 17.0. The van der Waals surface area contributed by atoms with Crippen LogP contribution in [0.3, 0.4) is 0 Å². The summed E-state index contributed by atoms with van der Waals surface area (Å²) in [6.45, 7) is 0.516. The van der Waals surface area contributed by atoms with Crippen LogP contribution < -0.4 is 15.1 Å². The third kappa shape index (κ3) is 5.02. The van der Waals surface area contributed by atoms with Gasteiger partial charge in [0.1, 0.15) is 18.2 Å². The zero-order valence-corrected chi connectivity index (χ0v) is 20.7. The summed E-state index contributed by atoms with van der Waals surface area (Å²) in [5, 5.41) is 7.12. The van der Waals surface area contributed by atoms with E-state index in [4.69, 9.17) is 0 Å². The highest BCUT2D eigenvalue weighted by Gasteiger charge is 2.32. The second-order valence-electron chi connectivity index (χ2n) is 9.05. The molecule has 2 aliphatic rings. The zero-order chi connectivity index (χ0) is 24.4. The minimum absolute atomic E-state index is 0.0466. The summed E-state index contributed by atoms with van der Waals surface area (Å²) in [7, 11) is 3.81. The van der Waals surface area contributed by atoms with E-state index in [1.165, 1.54) is 32.0 Å². The molecule has 0 unspecified atom stereocenters. The summed E-state index contributed by atoms with van der Waals surface area (Å²) < 4.78 is 1.62. The fourth-order valence-electron chi connectivity index (χ4n) is 4.63. The second kappa shape index (κ2) is 10.1. The first-order valence-corrected chi connectivity index (χ1v) is 12.9. The van der Waals surface area contributed by atoms with Crippen molar-refractivity contribution in [3.63, 3.8) is 0 Å². The molecule has 0 bridgehead atoms. The fourth-order valence-corrected chi connectivity index (χ4v) is 5.73. The summed E-state index contributed by atoms with van der Waals surface area (Å²) in [5.41, 5.74) is 1.82. The van der Waals surface area contributed by atoms with Crippen molar-refractivity contribution in [3.05, 3.63) is 60.3 Å². The van der Waals surface area contributed by atoms with E-state index in [0.717, 1.165) is 22.0 Å². The predicted octanol–water partition coefficient (Wildman–Crippen LogP) is 2.97. The molecule has 3 aromatic rings. The molecule has 1 aliphatic carbocycles. The predicted molar refractivity (Wildman–Crippen MR) is 136 cm³/mol. The Morgan fingerprint density at radius 1 is 1.20 bits per heavy atom. The molecule has 5 rings (SSSR count). The Hall–Kier alpha value is -3.40. The molecule has 1 N–H and O–H groups in total. The van der Waals surface area contributed by atoms with Crippen LogP contribution in [0.4, 0.5) is 11.5 Å². The molecule has 182 valence electrons. The topological polar surface area (TPSA) is 96.2 Å². The number of nitrogens with one attached hydrogen (secondary N) is 1. The summed E-state index contributed by atoms with van der Waals surface area (Å²) >= 11 is 1.55. The van der Waals surface area contributed by atoms with Crippen LogP contribution in [-0.4, -0.2) is 63.5 Å². The van der Waals surface area contributed by atoms with Crippen LogP contribution in [0.2, 0.25) is 0 Å². The van der Waals surface area contributed by atoms with Crippen molar-refractivity contribution in [2.45, 2.75) is 49.2 Å². The van der Waals surface area contributed by atoms with Gasteiger partial charge in [-0.1, -0.05) is 43.2 Å². The number of likely N-dealkylation sites (N-methyl/N-ethyl adjacent to an activating group) is 1. The van der Waals surface area contributed by atoms with E-state index in [0.29, 0.717) is 18.3 Å². The number of thioether (sulfide) groups is 1. The van der Waals surface area contributed by atoms with Crippen LogP contribution in [-0.2, 0) is 11.3 Å². The molecule has 2 aromatic heterocycles. The van der Waals surface area contributed by atoms with Gasteiger partial charge < -0.3 is 15.1 Å². The number of pyridine rings is 1. The van der Waals surface area contributed by atoms with Crippen molar-refractivity contribution >= 4 is 35.1 Å². The minimum Gasteiger partial charge on any atom is -0.357 e. The van der Waals surface area contributed by atoms with Crippen LogP contribution in [0.25, 0.3) is 0 Å². The van der Waals surface area contributed by atoms with E-state index in [2.05, 4.69) is 38.4 Å². The number of carbonyl (C=O) groups is 2. The Morgan fingerprint density at radius 2 is 1.97 bits per heavy atom. The van der Waals surface area contributed by atoms with Gasteiger partial charge in [0.05, 0.1) is 18.4 Å². The summed E-state index contributed by atoms with van der Waals surface area (Å²) in [4.78, 5) is 39.6. The van der Waals surface area contributed by atoms with Gasteiger partial charge >= 0.3 is 0 Å². The second-order valence-corrected chi connectivity index (χ2v) is 10.1. The quantitative estimate of drug-likeness (QED) is 0.566. The highest BCUT2D eigenvalue weighted by atomic mass is 32.2. The monoisotopic (exact) mass is 491 g/mol. The number of hydrogen-bond acceptors (Lipinski definition) is 7. The van der Waals surface area contributed by atoms with E-state index in [-0.39, 0.29) is 11.7 Å². The van der Waals surface area contributed by atoms with E-state index in [1.807, 2.05) is 30.3 Å². The molecule has 9 nitrogen and oxygen atoms in total. The molecule has 2 amide bonds. The Bertz CT molecular complexity index is 1210. The molecule has 0 radical (unpaired) electrons. The molecular formula is C25H29N7O2S. The van der Waals surface area contributed by atoms with E-state index in [9.17, 15) is 9.59 Å². The highest BCUT2D eigenvalue weighted by Crippen LogP contribution is 2.36. The van der Waals surface area contributed by atoms with Crippen LogP contribution >= 0.6 is 11.8 Å². The van der Waals surface area contributed by atoms with E-state index >= 15 is 0 Å². The van der Waals surface area contributed by atoms with Crippen LogP contribution in [0, 0.1) is 0 Å². The Kier molecular flexibility index (Phi) is 6.72. The molecular weight excluding hydrogens is 462 g/mol. The van der Waals surface area contributed by atoms with Crippen molar-refractivity contribution in [3.8, 4) is 0 Å². The number of anilines is 2. The minimum atomic E-state index is -0.693. The van der Waals surface area contributed by atoms with Gasteiger partial charge in [0.15, 0.2) is 0 Å². The lowest BCUT2D eigenvalue weighted by atomic mass is 10.2. The normalized spacial score (nSPS) is 18.3. The smallest absolute Gasteiger partial charge is 0.291 e. The van der Waals surface area contributed by atoms with Gasteiger partial charge in [0.25, 0.3) is 5.91 Å². The van der Waals surface area contributed by atoms with Crippen LogP contribution in [0.15, 0.2) is 53.8 Å². The number of hydrogen-bond donors (Lipinski definition) is 1. The van der Waals surface area contributed by atoms with Crippen molar-refractivity contribution in [1.29, 1.82) is 0 Å². The number of nitrogens with zero attached hydrogens (tertiary/aromatic N) is 6. The maximum Gasteiger partial charge on any atom is 0.291 e. The van der Waals surface area contributed by atoms with Gasteiger partial charge in [-0.05, 0) is 24.5 Å². The molecule has 0 saturated heterocycles. The Morgan fingerprint density at radius 3 is 2.74 bits per heavy atom. The maximum absolute atomic E-state index is 13.2. The number of fused-ring (bicyclic) bond motifs is 1. The zero-order valence-electron chi connectivity index (χ0n) is 19.9. The molecule has 1 saturated carbocycles. The van der Waals surface area contributed by atoms with E-state index < -0.39 is 11.9 Å². The maximum atomic E-state index is 13.2.